The highest BCUT2D eigenvalue weighted by Gasteiger charge is 2.10. The number of carbonyl (C=O) groups is 1. The number of hydrogen-bond donors (Lipinski definition) is 1. The zero-order chi connectivity index (χ0) is 13.8. The van der Waals surface area contributed by atoms with Crippen molar-refractivity contribution < 1.29 is 4.79 Å². The smallest absolute Gasteiger partial charge is 0.274 e. The van der Waals surface area contributed by atoms with Crippen LogP contribution in [0.15, 0.2) is 41.0 Å². The Morgan fingerprint density at radius 2 is 2.16 bits per heavy atom. The normalized spacial score (nSPS) is 9.74. The van der Waals surface area contributed by atoms with Gasteiger partial charge in [-0.05, 0) is 46.3 Å². The number of aromatic nitrogens is 1. The third kappa shape index (κ3) is 3.31. The Hall–Kier alpha value is -1.90. The highest BCUT2D eigenvalue weighted by molar-refractivity contribution is 9.10. The number of nitrogens with one attached hydrogen (secondary N) is 1. The van der Waals surface area contributed by atoms with Gasteiger partial charge in [0.15, 0.2) is 0 Å². The molecular formula is C13H7BrClN3O. The molecule has 1 aromatic heterocycles. The van der Waals surface area contributed by atoms with Gasteiger partial charge in [-0.25, -0.2) is 4.98 Å². The molecule has 4 nitrogen and oxygen atoms in total. The van der Waals surface area contributed by atoms with Crippen LogP contribution in [0.25, 0.3) is 0 Å². The van der Waals surface area contributed by atoms with Crippen molar-refractivity contribution in [1.82, 2.24) is 4.98 Å². The Kier molecular flexibility index (Phi) is 4.15. The second-order valence-electron chi connectivity index (χ2n) is 3.62. The minimum Gasteiger partial charge on any atom is -0.320 e. The zero-order valence-corrected chi connectivity index (χ0v) is 11.9. The lowest BCUT2D eigenvalue weighted by Gasteiger charge is -2.07. The second kappa shape index (κ2) is 5.83. The van der Waals surface area contributed by atoms with Crippen LogP contribution in [0.2, 0.25) is 5.02 Å². The number of halogens is 2. The first-order chi connectivity index (χ1) is 9.10. The Morgan fingerprint density at radius 1 is 1.37 bits per heavy atom. The van der Waals surface area contributed by atoms with E-state index >= 15 is 0 Å². The molecule has 2 rings (SSSR count). The maximum atomic E-state index is 12.0. The van der Waals surface area contributed by atoms with Crippen LogP contribution in [0, 0.1) is 11.3 Å². The van der Waals surface area contributed by atoms with Gasteiger partial charge in [-0.2, -0.15) is 5.26 Å². The summed E-state index contributed by atoms with van der Waals surface area (Å²) in [5.41, 5.74) is 1.19. The number of benzene rings is 1. The van der Waals surface area contributed by atoms with Crippen LogP contribution in [0.5, 0.6) is 0 Å². The van der Waals surface area contributed by atoms with Gasteiger partial charge in [-0.1, -0.05) is 11.6 Å². The molecule has 1 N–H and O–H groups in total. The van der Waals surface area contributed by atoms with E-state index in [4.69, 9.17) is 16.9 Å². The summed E-state index contributed by atoms with van der Waals surface area (Å²) in [6, 6.07) is 10.1. The van der Waals surface area contributed by atoms with Crippen LogP contribution >= 0.6 is 27.5 Å². The SMILES string of the molecule is N#Cc1ccc(C(=O)Nc2cc(Cl)ccc2Br)nc1. The van der Waals surface area contributed by atoms with Gasteiger partial charge in [0, 0.05) is 15.7 Å². The molecule has 0 aliphatic heterocycles. The molecule has 0 atom stereocenters. The third-order valence-electron chi connectivity index (χ3n) is 2.30. The van der Waals surface area contributed by atoms with E-state index in [1.807, 2.05) is 6.07 Å². The van der Waals surface area contributed by atoms with Crippen LogP contribution in [0.3, 0.4) is 0 Å². The van der Waals surface area contributed by atoms with E-state index in [-0.39, 0.29) is 11.6 Å². The van der Waals surface area contributed by atoms with Crippen LogP contribution in [-0.4, -0.2) is 10.9 Å². The van der Waals surface area contributed by atoms with Crippen molar-refractivity contribution in [3.63, 3.8) is 0 Å². The number of rotatable bonds is 2. The lowest BCUT2D eigenvalue weighted by molar-refractivity contribution is 0.102. The summed E-state index contributed by atoms with van der Waals surface area (Å²) in [6.45, 7) is 0. The highest BCUT2D eigenvalue weighted by atomic mass is 79.9. The second-order valence-corrected chi connectivity index (χ2v) is 4.91. The molecule has 1 amide bonds. The standard InChI is InChI=1S/C13H7BrClN3O/c14-10-3-2-9(15)5-12(10)18-13(19)11-4-1-8(6-16)7-17-11/h1-5,7H,(H,18,19). The summed E-state index contributed by atoms with van der Waals surface area (Å²) in [7, 11) is 0. The summed E-state index contributed by atoms with van der Waals surface area (Å²) in [6.07, 6.45) is 1.35. The van der Waals surface area contributed by atoms with Crippen LogP contribution in [0.1, 0.15) is 16.1 Å². The van der Waals surface area contributed by atoms with Crippen molar-refractivity contribution in [2.24, 2.45) is 0 Å². The number of pyridine rings is 1. The maximum Gasteiger partial charge on any atom is 0.274 e. The molecule has 0 saturated heterocycles. The van der Waals surface area contributed by atoms with Crippen molar-refractivity contribution in [1.29, 1.82) is 5.26 Å². The van der Waals surface area contributed by atoms with E-state index in [9.17, 15) is 4.79 Å². The summed E-state index contributed by atoms with van der Waals surface area (Å²) in [5.74, 6) is -0.368. The third-order valence-corrected chi connectivity index (χ3v) is 3.23. The predicted octanol–water partition coefficient (Wildman–Crippen LogP) is 3.62. The molecule has 19 heavy (non-hydrogen) atoms. The molecule has 2 aromatic rings. The monoisotopic (exact) mass is 335 g/mol. The predicted molar refractivity (Wildman–Crippen MR) is 76.1 cm³/mol. The van der Waals surface area contributed by atoms with Crippen molar-refractivity contribution in [3.05, 3.63) is 57.3 Å². The van der Waals surface area contributed by atoms with Crippen LogP contribution < -0.4 is 5.32 Å². The Labute approximate surface area is 123 Å². The Morgan fingerprint density at radius 3 is 2.79 bits per heavy atom. The quantitative estimate of drug-likeness (QED) is 0.911. The van der Waals surface area contributed by atoms with E-state index < -0.39 is 0 Å². The van der Waals surface area contributed by atoms with Gasteiger partial charge in [0.25, 0.3) is 5.91 Å². The fourth-order valence-corrected chi connectivity index (χ4v) is 1.89. The van der Waals surface area contributed by atoms with Gasteiger partial charge in [0.2, 0.25) is 0 Å². The van der Waals surface area contributed by atoms with Gasteiger partial charge < -0.3 is 5.32 Å². The molecule has 1 heterocycles. The van der Waals surface area contributed by atoms with E-state index in [1.54, 1.807) is 18.2 Å². The molecule has 0 spiro atoms. The molecule has 6 heteroatoms. The zero-order valence-electron chi connectivity index (χ0n) is 9.52. The number of amides is 1. The largest absolute Gasteiger partial charge is 0.320 e. The molecule has 0 unspecified atom stereocenters. The lowest BCUT2D eigenvalue weighted by atomic mass is 10.2. The summed E-state index contributed by atoms with van der Waals surface area (Å²) < 4.78 is 0.721. The van der Waals surface area contributed by atoms with E-state index in [0.717, 1.165) is 4.47 Å². The average Bonchev–Trinajstić information content (AvgIpc) is 2.43. The van der Waals surface area contributed by atoms with Gasteiger partial charge in [-0.15, -0.1) is 0 Å². The number of nitriles is 1. The molecular weight excluding hydrogens is 330 g/mol. The van der Waals surface area contributed by atoms with Crippen molar-refractivity contribution in [2.75, 3.05) is 5.32 Å². The highest BCUT2D eigenvalue weighted by Crippen LogP contribution is 2.26. The van der Waals surface area contributed by atoms with E-state index in [0.29, 0.717) is 16.3 Å². The fourth-order valence-electron chi connectivity index (χ4n) is 1.37. The maximum absolute atomic E-state index is 12.0. The molecule has 0 aliphatic carbocycles. The Balaban J connectivity index is 2.21. The first-order valence-electron chi connectivity index (χ1n) is 5.22. The molecule has 0 aliphatic rings. The topological polar surface area (TPSA) is 65.8 Å². The molecule has 0 radical (unpaired) electrons. The van der Waals surface area contributed by atoms with Gasteiger partial charge in [0.1, 0.15) is 11.8 Å². The van der Waals surface area contributed by atoms with Crippen LogP contribution in [0.4, 0.5) is 5.69 Å². The molecule has 94 valence electrons. The van der Waals surface area contributed by atoms with Gasteiger partial charge in [0.05, 0.1) is 11.3 Å². The van der Waals surface area contributed by atoms with E-state index in [1.165, 1.54) is 18.3 Å². The average molecular weight is 337 g/mol. The molecule has 0 saturated carbocycles. The number of anilines is 1. The number of hydrogen-bond acceptors (Lipinski definition) is 3. The summed E-state index contributed by atoms with van der Waals surface area (Å²) in [4.78, 5) is 15.9. The summed E-state index contributed by atoms with van der Waals surface area (Å²) >= 11 is 9.18. The molecule has 0 bridgehead atoms. The lowest BCUT2D eigenvalue weighted by Crippen LogP contribution is -2.13. The molecule has 0 fully saturated rings. The van der Waals surface area contributed by atoms with E-state index in [2.05, 4.69) is 26.2 Å². The number of nitrogens with zero attached hydrogens (tertiary/aromatic N) is 2. The van der Waals surface area contributed by atoms with Crippen molar-refractivity contribution in [3.8, 4) is 6.07 Å². The minimum absolute atomic E-state index is 0.228. The van der Waals surface area contributed by atoms with Crippen LogP contribution in [-0.2, 0) is 0 Å². The summed E-state index contributed by atoms with van der Waals surface area (Å²) in [5, 5.41) is 11.9. The van der Waals surface area contributed by atoms with Gasteiger partial charge in [-0.3, -0.25) is 4.79 Å². The minimum atomic E-state index is -0.368. The fraction of sp³-hybridized carbons (Fsp3) is 0. The first kappa shape index (κ1) is 13.5. The Bertz CT molecular complexity index is 665. The van der Waals surface area contributed by atoms with Gasteiger partial charge >= 0.3 is 0 Å². The van der Waals surface area contributed by atoms with Crippen molar-refractivity contribution >= 4 is 39.1 Å². The first-order valence-corrected chi connectivity index (χ1v) is 6.40. The van der Waals surface area contributed by atoms with Crippen molar-refractivity contribution in [2.45, 2.75) is 0 Å². The molecule has 1 aromatic carbocycles. The number of carbonyl (C=O) groups excluding carboxylic acids is 1.